The number of piperidine rings is 1. The van der Waals surface area contributed by atoms with Crippen LogP contribution in [-0.2, 0) is 9.94 Å². The van der Waals surface area contributed by atoms with Crippen LogP contribution in [0.15, 0.2) is 0 Å². The Morgan fingerprint density at radius 3 is 2.18 bits per heavy atom. The van der Waals surface area contributed by atoms with Gasteiger partial charge in [-0.2, -0.15) is 0 Å². The molecule has 1 heterocycles. The summed E-state index contributed by atoms with van der Waals surface area (Å²) in [4.78, 5) is 0. The van der Waals surface area contributed by atoms with E-state index in [4.69, 9.17) is 4.74 Å². The first-order valence-electron chi connectivity index (χ1n) is 6.45. The van der Waals surface area contributed by atoms with Gasteiger partial charge in [0.15, 0.2) is 0 Å². The Bertz CT molecular complexity index is 226. The van der Waals surface area contributed by atoms with Crippen LogP contribution in [-0.4, -0.2) is 33.3 Å². The molecule has 4 heteroatoms. The minimum Gasteiger partial charge on any atom is -0.378 e. The summed E-state index contributed by atoms with van der Waals surface area (Å²) >= 11 is 2.39. The van der Waals surface area contributed by atoms with Crippen LogP contribution >= 0.6 is 22.6 Å². The monoisotopic (exact) mass is 354 g/mol. The minimum absolute atomic E-state index is 0.236. The van der Waals surface area contributed by atoms with Crippen molar-refractivity contribution in [1.29, 1.82) is 0 Å². The van der Waals surface area contributed by atoms with E-state index < -0.39 is 0 Å². The highest BCUT2D eigenvalue weighted by Gasteiger charge is 2.46. The molecule has 0 unspecified atom stereocenters. The van der Waals surface area contributed by atoms with Gasteiger partial charge in [-0.05, 0) is 57.8 Å². The number of unbranched alkanes of at least 4 members (excludes halogenated alkanes) is 1. The molecule has 0 bridgehead atoms. The molecule has 1 radical (unpaired) electrons. The molecule has 1 fully saturated rings. The first kappa shape index (κ1) is 15.7. The van der Waals surface area contributed by atoms with Gasteiger partial charge in [-0.15, -0.1) is 10.3 Å². The van der Waals surface area contributed by atoms with Crippen LogP contribution in [0.4, 0.5) is 0 Å². The Labute approximate surface area is 119 Å². The summed E-state index contributed by atoms with van der Waals surface area (Å²) in [6.45, 7) is 8.90. The summed E-state index contributed by atoms with van der Waals surface area (Å²) in [7, 11) is 0. The number of halogens is 1. The van der Waals surface area contributed by atoms with E-state index in [1.54, 1.807) is 0 Å². The second-order valence-electron chi connectivity index (χ2n) is 6.22. The zero-order valence-electron chi connectivity index (χ0n) is 11.5. The lowest BCUT2D eigenvalue weighted by molar-refractivity contribution is -0.301. The zero-order valence-corrected chi connectivity index (χ0v) is 13.6. The molecular formula is C13H25INO2. The molecule has 0 N–H and O–H groups in total. The van der Waals surface area contributed by atoms with Crippen molar-refractivity contribution in [3.8, 4) is 0 Å². The maximum Gasteiger partial charge on any atom is 0.0611 e. The van der Waals surface area contributed by atoms with Gasteiger partial charge in [-0.3, -0.25) is 0 Å². The highest BCUT2D eigenvalue weighted by Crippen LogP contribution is 2.38. The lowest BCUT2D eigenvalue weighted by Gasteiger charge is -2.49. The third-order valence-corrected chi connectivity index (χ3v) is 4.20. The summed E-state index contributed by atoms with van der Waals surface area (Å²) in [5.74, 6) is 0. The molecular weight excluding hydrogens is 329 g/mol. The molecule has 0 aromatic carbocycles. The Morgan fingerprint density at radius 2 is 1.71 bits per heavy atom. The van der Waals surface area contributed by atoms with Crippen LogP contribution < -0.4 is 0 Å². The third kappa shape index (κ3) is 4.33. The molecule has 101 valence electrons. The van der Waals surface area contributed by atoms with Crippen LogP contribution in [0.3, 0.4) is 0 Å². The van der Waals surface area contributed by atoms with Crippen LogP contribution in [0, 0.1) is 0 Å². The standard InChI is InChI=1S/C13H25INO2/c1-12(2)9-11(17-8-6-5-7-14)10-13(3,4)15(12)16/h11H,5-10H2,1-4H3. The Hall–Kier alpha value is 0.610. The number of hydrogen-bond acceptors (Lipinski definition) is 2. The van der Waals surface area contributed by atoms with Crippen molar-refractivity contribution >= 4 is 22.6 Å². The smallest absolute Gasteiger partial charge is 0.0611 e. The van der Waals surface area contributed by atoms with Gasteiger partial charge < -0.3 is 4.74 Å². The van der Waals surface area contributed by atoms with E-state index in [9.17, 15) is 5.21 Å². The Morgan fingerprint density at radius 1 is 1.18 bits per heavy atom. The molecule has 0 aliphatic carbocycles. The average Bonchev–Trinajstić information content (AvgIpc) is 2.20. The fourth-order valence-electron chi connectivity index (χ4n) is 2.74. The van der Waals surface area contributed by atoms with Gasteiger partial charge in [0.05, 0.1) is 6.10 Å². The SMILES string of the molecule is CC1(C)CC(OCCCCI)CC(C)(C)N1[O]. The molecule has 0 aromatic rings. The van der Waals surface area contributed by atoms with Gasteiger partial charge in [0.1, 0.15) is 0 Å². The quantitative estimate of drug-likeness (QED) is 0.429. The van der Waals surface area contributed by atoms with E-state index in [0.29, 0.717) is 0 Å². The van der Waals surface area contributed by atoms with Gasteiger partial charge in [0.2, 0.25) is 0 Å². The molecule has 1 saturated heterocycles. The maximum atomic E-state index is 12.2. The molecule has 1 rings (SSSR count). The minimum atomic E-state index is -0.310. The fraction of sp³-hybridized carbons (Fsp3) is 1.00. The van der Waals surface area contributed by atoms with Crippen molar-refractivity contribution in [2.45, 2.75) is 70.6 Å². The van der Waals surface area contributed by atoms with Crippen molar-refractivity contribution in [2.24, 2.45) is 0 Å². The van der Waals surface area contributed by atoms with Gasteiger partial charge in [-0.25, -0.2) is 0 Å². The molecule has 1 aliphatic rings. The van der Waals surface area contributed by atoms with Gasteiger partial charge >= 0.3 is 0 Å². The van der Waals surface area contributed by atoms with E-state index in [-0.39, 0.29) is 17.2 Å². The predicted molar refractivity (Wildman–Crippen MR) is 77.8 cm³/mol. The summed E-state index contributed by atoms with van der Waals surface area (Å²) in [5.41, 5.74) is -0.620. The van der Waals surface area contributed by atoms with Gasteiger partial charge in [0.25, 0.3) is 0 Å². The number of alkyl halides is 1. The molecule has 0 spiro atoms. The number of ether oxygens (including phenoxy) is 1. The molecule has 3 nitrogen and oxygen atoms in total. The maximum absolute atomic E-state index is 12.2. The van der Waals surface area contributed by atoms with Crippen LogP contribution in [0.25, 0.3) is 0 Å². The van der Waals surface area contributed by atoms with E-state index >= 15 is 0 Å². The Balaban J connectivity index is 2.48. The normalized spacial score (nSPS) is 25.1. The summed E-state index contributed by atoms with van der Waals surface area (Å²) in [5, 5.41) is 13.4. The summed E-state index contributed by atoms with van der Waals surface area (Å²) < 4.78 is 7.13. The average molecular weight is 354 g/mol. The molecule has 0 aromatic heterocycles. The molecule has 0 saturated carbocycles. The lowest BCUT2D eigenvalue weighted by Crippen LogP contribution is -2.59. The van der Waals surface area contributed by atoms with Crippen molar-refractivity contribution in [3.05, 3.63) is 0 Å². The number of hydrogen-bond donors (Lipinski definition) is 0. The molecule has 0 amide bonds. The van der Waals surface area contributed by atoms with Crippen LogP contribution in [0.2, 0.25) is 0 Å². The van der Waals surface area contributed by atoms with Gasteiger partial charge in [0, 0.05) is 17.7 Å². The van der Waals surface area contributed by atoms with Crippen molar-refractivity contribution in [3.63, 3.8) is 0 Å². The third-order valence-electron chi connectivity index (χ3n) is 3.44. The van der Waals surface area contributed by atoms with Crippen LogP contribution in [0.5, 0.6) is 0 Å². The summed E-state index contributed by atoms with van der Waals surface area (Å²) in [6.07, 6.45) is 4.25. The highest BCUT2D eigenvalue weighted by atomic mass is 127. The molecule has 17 heavy (non-hydrogen) atoms. The van der Waals surface area contributed by atoms with Crippen molar-refractivity contribution < 1.29 is 9.94 Å². The van der Waals surface area contributed by atoms with Crippen LogP contribution in [0.1, 0.15) is 53.4 Å². The zero-order chi connectivity index (χ0) is 13.1. The Kier molecular flexibility index (Phi) is 5.69. The number of hydroxylamine groups is 2. The topological polar surface area (TPSA) is 32.4 Å². The highest BCUT2D eigenvalue weighted by molar-refractivity contribution is 14.1. The number of nitrogens with zero attached hydrogens (tertiary/aromatic N) is 1. The van der Waals surface area contributed by atoms with Crippen molar-refractivity contribution in [1.82, 2.24) is 5.06 Å². The van der Waals surface area contributed by atoms with E-state index in [2.05, 4.69) is 22.6 Å². The summed E-state index contributed by atoms with van der Waals surface area (Å²) in [6, 6.07) is 0. The van der Waals surface area contributed by atoms with E-state index in [1.165, 1.54) is 15.9 Å². The predicted octanol–water partition coefficient (Wildman–Crippen LogP) is 3.59. The second kappa shape index (κ2) is 6.17. The van der Waals surface area contributed by atoms with E-state index in [1.807, 2.05) is 27.7 Å². The molecule has 0 atom stereocenters. The van der Waals surface area contributed by atoms with Crippen molar-refractivity contribution in [2.75, 3.05) is 11.0 Å². The van der Waals surface area contributed by atoms with E-state index in [0.717, 1.165) is 25.9 Å². The first-order valence-corrected chi connectivity index (χ1v) is 7.97. The lowest BCUT2D eigenvalue weighted by atomic mass is 9.80. The largest absolute Gasteiger partial charge is 0.378 e. The first-order chi connectivity index (χ1) is 7.79. The molecule has 1 aliphatic heterocycles. The fourth-order valence-corrected chi connectivity index (χ4v) is 3.28. The number of rotatable bonds is 5. The second-order valence-corrected chi connectivity index (χ2v) is 7.30. The van der Waals surface area contributed by atoms with Gasteiger partial charge in [-0.1, -0.05) is 22.6 Å².